The SMILES string of the molecule is Cc1ccc(-c2ccc(/C=N/NC(=O)Cc3ccc(Br)cc3)o2)cc1Br. The number of carbonyl (C=O) groups excluding carboxylic acids is 1. The lowest BCUT2D eigenvalue weighted by molar-refractivity contribution is -0.120. The van der Waals surface area contributed by atoms with Crippen molar-refractivity contribution in [2.24, 2.45) is 5.10 Å². The van der Waals surface area contributed by atoms with Crippen LogP contribution in [0.4, 0.5) is 0 Å². The summed E-state index contributed by atoms with van der Waals surface area (Å²) in [6.45, 7) is 2.03. The molecule has 0 saturated carbocycles. The molecule has 0 atom stereocenters. The largest absolute Gasteiger partial charge is 0.455 e. The van der Waals surface area contributed by atoms with Gasteiger partial charge in [0, 0.05) is 14.5 Å². The van der Waals surface area contributed by atoms with E-state index in [-0.39, 0.29) is 12.3 Å². The van der Waals surface area contributed by atoms with E-state index in [4.69, 9.17) is 4.42 Å². The van der Waals surface area contributed by atoms with Crippen molar-refractivity contribution in [3.8, 4) is 11.3 Å². The summed E-state index contributed by atoms with van der Waals surface area (Å²) in [7, 11) is 0. The van der Waals surface area contributed by atoms with Gasteiger partial charge in [-0.05, 0) is 48.4 Å². The van der Waals surface area contributed by atoms with Crippen LogP contribution in [-0.4, -0.2) is 12.1 Å². The molecule has 1 heterocycles. The maximum atomic E-state index is 11.9. The van der Waals surface area contributed by atoms with Gasteiger partial charge in [0.15, 0.2) is 0 Å². The predicted molar refractivity (Wildman–Crippen MR) is 110 cm³/mol. The Morgan fingerprint density at radius 1 is 1.12 bits per heavy atom. The number of hydrogen-bond acceptors (Lipinski definition) is 3. The Bertz CT molecular complexity index is 947. The Morgan fingerprint density at radius 3 is 2.62 bits per heavy atom. The molecule has 3 rings (SSSR count). The van der Waals surface area contributed by atoms with E-state index in [1.165, 1.54) is 6.21 Å². The predicted octanol–water partition coefficient (Wildman–Crippen LogP) is 5.47. The van der Waals surface area contributed by atoms with Crippen LogP contribution >= 0.6 is 31.9 Å². The van der Waals surface area contributed by atoms with Crippen LogP contribution in [0.25, 0.3) is 11.3 Å². The number of aryl methyl sites for hydroxylation is 1. The molecule has 0 radical (unpaired) electrons. The molecule has 1 amide bonds. The van der Waals surface area contributed by atoms with Crippen molar-refractivity contribution in [1.29, 1.82) is 0 Å². The molecule has 1 aromatic heterocycles. The molecule has 0 bridgehead atoms. The summed E-state index contributed by atoms with van der Waals surface area (Å²) in [4.78, 5) is 11.9. The number of rotatable bonds is 5. The summed E-state index contributed by atoms with van der Waals surface area (Å²) < 4.78 is 7.76. The average molecular weight is 476 g/mol. The first kappa shape index (κ1) is 18.6. The number of hydrazone groups is 1. The van der Waals surface area contributed by atoms with Gasteiger partial charge in [-0.3, -0.25) is 4.79 Å². The van der Waals surface area contributed by atoms with E-state index < -0.39 is 0 Å². The Labute approximate surface area is 168 Å². The minimum atomic E-state index is -0.183. The summed E-state index contributed by atoms with van der Waals surface area (Å²) in [5.41, 5.74) is 5.57. The van der Waals surface area contributed by atoms with Crippen LogP contribution in [0.3, 0.4) is 0 Å². The average Bonchev–Trinajstić information content (AvgIpc) is 3.08. The third-order valence-corrected chi connectivity index (χ3v) is 5.13. The van der Waals surface area contributed by atoms with Gasteiger partial charge < -0.3 is 4.42 Å². The van der Waals surface area contributed by atoms with Crippen LogP contribution in [-0.2, 0) is 11.2 Å². The standard InChI is InChI=1S/C20H16Br2N2O2/c1-13-2-5-15(11-18(13)22)19-9-8-17(26-19)12-23-24-20(25)10-14-3-6-16(21)7-4-14/h2-9,11-12H,10H2,1H3,(H,24,25)/b23-12+. The first-order valence-corrected chi connectivity index (χ1v) is 9.52. The molecule has 26 heavy (non-hydrogen) atoms. The second-order valence-corrected chi connectivity index (χ2v) is 7.53. The number of halogens is 2. The van der Waals surface area contributed by atoms with E-state index in [1.807, 2.05) is 61.5 Å². The summed E-state index contributed by atoms with van der Waals surface area (Å²) in [5.74, 6) is 1.13. The molecule has 0 spiro atoms. The monoisotopic (exact) mass is 474 g/mol. The summed E-state index contributed by atoms with van der Waals surface area (Å²) in [6, 6.07) is 17.3. The van der Waals surface area contributed by atoms with E-state index in [0.29, 0.717) is 5.76 Å². The zero-order valence-corrected chi connectivity index (χ0v) is 17.2. The van der Waals surface area contributed by atoms with Crippen molar-refractivity contribution >= 4 is 44.0 Å². The molecule has 0 aliphatic rings. The Kier molecular flexibility index (Phi) is 6.06. The van der Waals surface area contributed by atoms with Gasteiger partial charge in [-0.1, -0.05) is 56.1 Å². The summed E-state index contributed by atoms with van der Waals surface area (Å²) >= 11 is 6.89. The van der Waals surface area contributed by atoms with E-state index in [2.05, 4.69) is 42.4 Å². The van der Waals surface area contributed by atoms with Crippen molar-refractivity contribution in [2.45, 2.75) is 13.3 Å². The number of nitrogens with one attached hydrogen (secondary N) is 1. The molecule has 0 aliphatic heterocycles. The van der Waals surface area contributed by atoms with Gasteiger partial charge in [-0.15, -0.1) is 0 Å². The molecule has 132 valence electrons. The maximum absolute atomic E-state index is 11.9. The second kappa shape index (κ2) is 8.47. The number of amides is 1. The number of benzene rings is 2. The zero-order valence-electron chi connectivity index (χ0n) is 14.0. The van der Waals surface area contributed by atoms with Crippen LogP contribution in [0.2, 0.25) is 0 Å². The van der Waals surface area contributed by atoms with Gasteiger partial charge in [-0.25, -0.2) is 5.43 Å². The van der Waals surface area contributed by atoms with Crippen molar-refractivity contribution in [1.82, 2.24) is 5.43 Å². The molecule has 1 N–H and O–H groups in total. The third kappa shape index (κ3) is 4.93. The van der Waals surface area contributed by atoms with Gasteiger partial charge in [0.25, 0.3) is 0 Å². The van der Waals surface area contributed by atoms with Gasteiger partial charge in [0.05, 0.1) is 12.6 Å². The lowest BCUT2D eigenvalue weighted by Gasteiger charge is -2.01. The Hall–Kier alpha value is -2.18. The van der Waals surface area contributed by atoms with Crippen molar-refractivity contribution in [3.05, 3.63) is 80.4 Å². The number of carbonyl (C=O) groups is 1. The van der Waals surface area contributed by atoms with Crippen LogP contribution < -0.4 is 5.43 Å². The molecule has 0 saturated heterocycles. The smallest absolute Gasteiger partial charge is 0.244 e. The highest BCUT2D eigenvalue weighted by Crippen LogP contribution is 2.26. The van der Waals surface area contributed by atoms with Gasteiger partial charge in [0.2, 0.25) is 5.91 Å². The minimum Gasteiger partial charge on any atom is -0.455 e. The highest BCUT2D eigenvalue weighted by Gasteiger charge is 2.06. The lowest BCUT2D eigenvalue weighted by Crippen LogP contribution is -2.19. The summed E-state index contributed by atoms with van der Waals surface area (Å²) in [6.07, 6.45) is 1.76. The fraction of sp³-hybridized carbons (Fsp3) is 0.100. The normalized spacial score (nSPS) is 11.0. The van der Waals surface area contributed by atoms with Crippen molar-refractivity contribution in [3.63, 3.8) is 0 Å². The molecule has 2 aromatic carbocycles. The van der Waals surface area contributed by atoms with Gasteiger partial charge in [-0.2, -0.15) is 5.10 Å². The Balaban J connectivity index is 1.59. The quantitative estimate of drug-likeness (QED) is 0.392. The minimum absolute atomic E-state index is 0.183. The fourth-order valence-corrected chi connectivity index (χ4v) is 2.96. The van der Waals surface area contributed by atoms with Crippen molar-refractivity contribution in [2.75, 3.05) is 0 Å². The first-order valence-electron chi connectivity index (χ1n) is 7.94. The summed E-state index contributed by atoms with van der Waals surface area (Å²) in [5, 5.41) is 3.96. The molecule has 0 unspecified atom stereocenters. The van der Waals surface area contributed by atoms with E-state index in [0.717, 1.165) is 31.4 Å². The second-order valence-electron chi connectivity index (χ2n) is 5.76. The molecule has 0 fully saturated rings. The van der Waals surface area contributed by atoms with Crippen LogP contribution in [0, 0.1) is 6.92 Å². The maximum Gasteiger partial charge on any atom is 0.244 e. The highest BCUT2D eigenvalue weighted by atomic mass is 79.9. The van der Waals surface area contributed by atoms with E-state index in [9.17, 15) is 4.79 Å². The molecule has 6 heteroatoms. The number of nitrogens with zero attached hydrogens (tertiary/aromatic N) is 1. The lowest BCUT2D eigenvalue weighted by atomic mass is 10.1. The fourth-order valence-electron chi connectivity index (χ4n) is 2.32. The number of furan rings is 1. The highest BCUT2D eigenvalue weighted by molar-refractivity contribution is 9.10. The van der Waals surface area contributed by atoms with E-state index in [1.54, 1.807) is 0 Å². The van der Waals surface area contributed by atoms with E-state index >= 15 is 0 Å². The van der Waals surface area contributed by atoms with Crippen LogP contribution in [0.1, 0.15) is 16.9 Å². The molecular weight excluding hydrogens is 460 g/mol. The molecule has 4 nitrogen and oxygen atoms in total. The Morgan fingerprint density at radius 2 is 1.88 bits per heavy atom. The third-order valence-electron chi connectivity index (χ3n) is 3.74. The number of hydrogen-bond donors (Lipinski definition) is 1. The van der Waals surface area contributed by atoms with Gasteiger partial charge >= 0.3 is 0 Å². The van der Waals surface area contributed by atoms with Gasteiger partial charge in [0.1, 0.15) is 11.5 Å². The zero-order chi connectivity index (χ0) is 18.5. The molecule has 3 aromatic rings. The van der Waals surface area contributed by atoms with Crippen molar-refractivity contribution < 1.29 is 9.21 Å². The van der Waals surface area contributed by atoms with Crippen LogP contribution in [0.5, 0.6) is 0 Å². The topological polar surface area (TPSA) is 54.6 Å². The van der Waals surface area contributed by atoms with Crippen LogP contribution in [0.15, 0.2) is 73.1 Å². The molecular formula is C20H16Br2N2O2. The first-order chi connectivity index (χ1) is 12.5. The molecule has 0 aliphatic carbocycles.